The van der Waals surface area contributed by atoms with Gasteiger partial charge < -0.3 is 20.1 Å². The van der Waals surface area contributed by atoms with Gasteiger partial charge in [-0.15, -0.1) is 0 Å². The van der Waals surface area contributed by atoms with E-state index in [1.807, 2.05) is 56.3 Å². The Labute approximate surface area is 227 Å². The van der Waals surface area contributed by atoms with Crippen molar-refractivity contribution in [1.29, 1.82) is 0 Å². The van der Waals surface area contributed by atoms with Gasteiger partial charge in [0.1, 0.15) is 6.04 Å². The molecule has 2 N–H and O–H groups in total. The molecule has 2 atom stereocenters. The van der Waals surface area contributed by atoms with Crippen LogP contribution in [0.25, 0.3) is 5.69 Å². The molecule has 1 amide bonds. The van der Waals surface area contributed by atoms with Gasteiger partial charge in [-0.05, 0) is 73.7 Å². The molecule has 8 heteroatoms. The van der Waals surface area contributed by atoms with Gasteiger partial charge in [-0.25, -0.2) is 0 Å². The number of nitrogens with one attached hydrogen (secondary N) is 2. The molecule has 0 radical (unpaired) electrons. The maximum atomic E-state index is 12.2. The Kier molecular flexibility index (Phi) is 7.00. The average molecular weight is 530 g/mol. The van der Waals surface area contributed by atoms with Crippen LogP contribution in [-0.4, -0.2) is 20.6 Å². The fraction of sp³-hybridized carbons (Fsp3) is 0.207. The number of carbonyl (C=O) groups excluding carboxylic acids is 1. The van der Waals surface area contributed by atoms with Crippen LogP contribution in [0, 0.1) is 12.8 Å². The SMILES string of the molecule is Cc1ccc(-n2cccc2[C@@H]2[C@@H](c3ccccn3)NC(=S)N2c2ccc(NC(=O)C(C)C)c(Cl)c2)cc1. The van der Waals surface area contributed by atoms with Gasteiger partial charge in [0.25, 0.3) is 0 Å². The highest BCUT2D eigenvalue weighted by Crippen LogP contribution is 2.43. The fourth-order valence-electron chi connectivity index (χ4n) is 4.54. The summed E-state index contributed by atoms with van der Waals surface area (Å²) in [4.78, 5) is 19.0. The molecular weight excluding hydrogens is 502 g/mol. The van der Waals surface area contributed by atoms with Gasteiger partial charge in [-0.3, -0.25) is 9.78 Å². The predicted octanol–water partition coefficient (Wildman–Crippen LogP) is 6.61. The third-order valence-corrected chi connectivity index (χ3v) is 7.13. The van der Waals surface area contributed by atoms with Gasteiger partial charge >= 0.3 is 0 Å². The van der Waals surface area contributed by atoms with E-state index in [-0.39, 0.29) is 23.9 Å². The number of carbonyl (C=O) groups is 1. The second-order valence-corrected chi connectivity index (χ2v) is 10.2. The van der Waals surface area contributed by atoms with Crippen molar-refractivity contribution in [2.75, 3.05) is 10.2 Å². The van der Waals surface area contributed by atoms with Crippen LogP contribution < -0.4 is 15.5 Å². The number of amides is 1. The minimum Gasteiger partial charge on any atom is -0.351 e. The summed E-state index contributed by atoms with van der Waals surface area (Å²) in [5.74, 6) is -0.235. The van der Waals surface area contributed by atoms with Gasteiger partial charge in [0.15, 0.2) is 5.11 Å². The van der Waals surface area contributed by atoms with Crippen LogP contribution in [0.5, 0.6) is 0 Å². The summed E-state index contributed by atoms with van der Waals surface area (Å²) in [6.45, 7) is 5.77. The molecule has 4 aromatic rings. The Bertz CT molecular complexity index is 1430. The monoisotopic (exact) mass is 529 g/mol. The zero-order valence-corrected chi connectivity index (χ0v) is 22.4. The van der Waals surface area contributed by atoms with E-state index in [1.165, 1.54) is 5.56 Å². The van der Waals surface area contributed by atoms with E-state index in [1.54, 1.807) is 6.20 Å². The minimum atomic E-state index is -0.203. The van der Waals surface area contributed by atoms with E-state index in [2.05, 4.69) is 68.5 Å². The van der Waals surface area contributed by atoms with Crippen molar-refractivity contribution in [2.45, 2.75) is 32.9 Å². The van der Waals surface area contributed by atoms with Gasteiger partial charge in [-0.1, -0.05) is 49.2 Å². The number of thiocarbonyl (C=S) groups is 1. The summed E-state index contributed by atoms with van der Waals surface area (Å²) in [7, 11) is 0. The number of anilines is 2. The Morgan fingerprint density at radius 2 is 1.81 bits per heavy atom. The maximum Gasteiger partial charge on any atom is 0.226 e. The zero-order valence-electron chi connectivity index (χ0n) is 20.9. The fourth-order valence-corrected chi connectivity index (χ4v) is 5.11. The lowest BCUT2D eigenvalue weighted by Crippen LogP contribution is -2.30. The predicted molar refractivity (Wildman–Crippen MR) is 153 cm³/mol. The van der Waals surface area contributed by atoms with E-state index >= 15 is 0 Å². The lowest BCUT2D eigenvalue weighted by Gasteiger charge is -2.29. The van der Waals surface area contributed by atoms with Crippen LogP contribution in [0.2, 0.25) is 5.02 Å². The highest BCUT2D eigenvalue weighted by atomic mass is 35.5. The van der Waals surface area contributed by atoms with Crippen LogP contribution in [0.4, 0.5) is 11.4 Å². The zero-order chi connectivity index (χ0) is 26.1. The van der Waals surface area contributed by atoms with E-state index in [4.69, 9.17) is 23.8 Å². The third-order valence-electron chi connectivity index (χ3n) is 6.51. The van der Waals surface area contributed by atoms with Crippen molar-refractivity contribution in [3.05, 3.63) is 107 Å². The number of hydrogen-bond donors (Lipinski definition) is 2. The lowest BCUT2D eigenvalue weighted by molar-refractivity contribution is -0.118. The molecule has 1 aliphatic heterocycles. The van der Waals surface area contributed by atoms with Gasteiger partial charge in [0.2, 0.25) is 5.91 Å². The number of aryl methyl sites for hydroxylation is 1. The molecule has 6 nitrogen and oxygen atoms in total. The van der Waals surface area contributed by atoms with Crippen molar-refractivity contribution in [3.63, 3.8) is 0 Å². The first kappa shape index (κ1) is 25.0. The van der Waals surface area contributed by atoms with Gasteiger partial charge in [0, 0.05) is 35.4 Å². The van der Waals surface area contributed by atoms with Crippen molar-refractivity contribution in [2.24, 2.45) is 5.92 Å². The number of rotatable bonds is 6. The van der Waals surface area contributed by atoms with Crippen LogP contribution in [-0.2, 0) is 4.79 Å². The standard InChI is InChI=1S/C29H28ClN5OS/c1-18(2)28(36)32-23-14-13-21(17-22(23)30)35-27(26(33-29(35)37)24-7-4-5-15-31-24)25-8-6-16-34(25)20-11-9-19(3)10-12-20/h4-18,26-27H,1-3H3,(H,32,36)(H,33,37)/t26-,27-/m1/s1. The first-order valence-electron chi connectivity index (χ1n) is 12.2. The van der Waals surface area contributed by atoms with E-state index < -0.39 is 0 Å². The Morgan fingerprint density at radius 3 is 2.49 bits per heavy atom. The molecule has 1 fully saturated rings. The summed E-state index contributed by atoms with van der Waals surface area (Å²) >= 11 is 12.5. The van der Waals surface area contributed by atoms with Crippen molar-refractivity contribution in [1.82, 2.24) is 14.9 Å². The summed E-state index contributed by atoms with van der Waals surface area (Å²) in [5, 5.41) is 7.41. The molecule has 0 saturated carbocycles. The second-order valence-electron chi connectivity index (χ2n) is 9.44. The van der Waals surface area contributed by atoms with Crippen molar-refractivity contribution >= 4 is 46.2 Å². The highest BCUT2D eigenvalue weighted by molar-refractivity contribution is 7.80. The van der Waals surface area contributed by atoms with Crippen LogP contribution >= 0.6 is 23.8 Å². The number of aromatic nitrogens is 2. The van der Waals surface area contributed by atoms with E-state index in [0.29, 0.717) is 15.8 Å². The molecule has 1 aliphatic rings. The van der Waals surface area contributed by atoms with E-state index in [9.17, 15) is 4.79 Å². The summed E-state index contributed by atoms with van der Waals surface area (Å²) in [6, 6.07) is 23.7. The lowest BCUT2D eigenvalue weighted by atomic mass is 10.0. The van der Waals surface area contributed by atoms with Crippen LogP contribution in [0.3, 0.4) is 0 Å². The number of pyridine rings is 1. The number of hydrogen-bond acceptors (Lipinski definition) is 3. The van der Waals surface area contributed by atoms with Gasteiger partial charge in [0.05, 0.1) is 22.4 Å². The van der Waals surface area contributed by atoms with Crippen molar-refractivity contribution in [3.8, 4) is 5.69 Å². The average Bonchev–Trinajstić information content (AvgIpc) is 3.50. The third kappa shape index (κ3) is 4.97. The quantitative estimate of drug-likeness (QED) is 0.275. The maximum absolute atomic E-state index is 12.2. The van der Waals surface area contributed by atoms with Crippen LogP contribution in [0.1, 0.15) is 42.9 Å². The summed E-state index contributed by atoms with van der Waals surface area (Å²) in [6.07, 6.45) is 3.86. The summed E-state index contributed by atoms with van der Waals surface area (Å²) < 4.78 is 2.18. The molecule has 0 bridgehead atoms. The Balaban J connectivity index is 1.59. The molecular formula is C29H28ClN5OS. The number of halogens is 1. The molecule has 1 saturated heterocycles. The topological polar surface area (TPSA) is 62.2 Å². The molecule has 188 valence electrons. The molecule has 2 aromatic carbocycles. The molecule has 37 heavy (non-hydrogen) atoms. The molecule has 5 rings (SSSR count). The smallest absolute Gasteiger partial charge is 0.226 e. The normalized spacial score (nSPS) is 17.2. The molecule has 2 aromatic heterocycles. The van der Waals surface area contributed by atoms with Gasteiger partial charge in [-0.2, -0.15) is 0 Å². The minimum absolute atomic E-state index is 0.0861. The number of nitrogens with zero attached hydrogens (tertiary/aromatic N) is 3. The largest absolute Gasteiger partial charge is 0.351 e. The molecule has 0 spiro atoms. The molecule has 3 heterocycles. The van der Waals surface area contributed by atoms with Crippen LogP contribution in [0.15, 0.2) is 85.2 Å². The molecule has 0 unspecified atom stereocenters. The Morgan fingerprint density at radius 1 is 1.05 bits per heavy atom. The first-order valence-corrected chi connectivity index (χ1v) is 13.0. The highest BCUT2D eigenvalue weighted by Gasteiger charge is 2.42. The molecule has 0 aliphatic carbocycles. The first-order chi connectivity index (χ1) is 17.8. The summed E-state index contributed by atoms with van der Waals surface area (Å²) in [5.41, 5.74) is 5.61. The Hall–Kier alpha value is -3.68. The number of benzene rings is 2. The second kappa shape index (κ2) is 10.4. The van der Waals surface area contributed by atoms with E-state index in [0.717, 1.165) is 22.8 Å². The van der Waals surface area contributed by atoms with Crippen molar-refractivity contribution < 1.29 is 4.79 Å².